The molecule has 4 aromatic rings. The van der Waals surface area contributed by atoms with Crippen LogP contribution in [0, 0.1) is 0 Å². The largest absolute Gasteiger partial charge is 0.390 e. The average molecular weight is 404 g/mol. The van der Waals surface area contributed by atoms with E-state index in [1.165, 1.54) is 0 Å². The summed E-state index contributed by atoms with van der Waals surface area (Å²) in [4.78, 5) is 11.5. The van der Waals surface area contributed by atoms with Crippen molar-refractivity contribution in [2.75, 3.05) is 31.1 Å². The van der Waals surface area contributed by atoms with Crippen LogP contribution in [0.3, 0.4) is 0 Å². The highest BCUT2D eigenvalue weighted by Gasteiger charge is 2.18. The first-order chi connectivity index (χ1) is 14.7. The molecule has 9 nitrogen and oxygen atoms in total. The number of fused-ring (bicyclic) bond motifs is 1. The molecule has 154 valence electrons. The van der Waals surface area contributed by atoms with Crippen LogP contribution >= 0.6 is 0 Å². The van der Waals surface area contributed by atoms with Gasteiger partial charge in [-0.25, -0.2) is 4.98 Å². The summed E-state index contributed by atoms with van der Waals surface area (Å²) in [6, 6.07) is 7.94. The highest BCUT2D eigenvalue weighted by Crippen LogP contribution is 2.29. The Morgan fingerprint density at radius 2 is 2.17 bits per heavy atom. The fourth-order valence-electron chi connectivity index (χ4n) is 3.77. The zero-order chi connectivity index (χ0) is 20.5. The van der Waals surface area contributed by atoms with Crippen molar-refractivity contribution in [1.29, 1.82) is 0 Å². The van der Waals surface area contributed by atoms with Gasteiger partial charge in [-0.1, -0.05) is 6.07 Å². The van der Waals surface area contributed by atoms with Crippen LogP contribution in [0.1, 0.15) is 6.92 Å². The Labute approximate surface area is 173 Å². The number of β-amino-alcohol motifs (C(OH)–C–C–N with tert-alkyl or cyclic N) is 1. The molecule has 1 aliphatic rings. The molecule has 0 spiro atoms. The number of rotatable bonds is 4. The first-order valence-corrected chi connectivity index (χ1v) is 10.2. The van der Waals surface area contributed by atoms with E-state index in [0.29, 0.717) is 13.1 Å². The summed E-state index contributed by atoms with van der Waals surface area (Å²) < 4.78 is 1.88. The van der Waals surface area contributed by atoms with E-state index >= 15 is 0 Å². The van der Waals surface area contributed by atoms with E-state index in [1.807, 2.05) is 41.3 Å². The fourth-order valence-corrected chi connectivity index (χ4v) is 3.77. The Morgan fingerprint density at radius 3 is 3.03 bits per heavy atom. The topological polar surface area (TPSA) is 108 Å². The van der Waals surface area contributed by atoms with Crippen LogP contribution in [0.15, 0.2) is 42.9 Å². The first kappa shape index (κ1) is 18.7. The highest BCUT2D eigenvalue weighted by molar-refractivity contribution is 5.93. The Balaban J connectivity index is 1.52. The molecule has 30 heavy (non-hydrogen) atoms. The summed E-state index contributed by atoms with van der Waals surface area (Å²) in [7, 11) is 0. The standard InChI is InChI=1S/C21H24N8O/c1-2-29-12-14(9-24-29)18-8-16-19(11-23-18)26-27-21(16)17-4-3-5-20(25-17)28-7-6-22-10-15(30)13-28/h3-5,8-9,11-12,15,22,30H,2,6-7,10,13H2,1H3,(H,26,27). The van der Waals surface area contributed by atoms with Crippen LogP contribution in [0.4, 0.5) is 5.82 Å². The van der Waals surface area contributed by atoms with E-state index in [-0.39, 0.29) is 0 Å². The van der Waals surface area contributed by atoms with Gasteiger partial charge in [0.05, 0.1) is 35.4 Å². The second-order valence-corrected chi connectivity index (χ2v) is 7.46. The number of aliphatic hydroxyl groups excluding tert-OH is 1. The number of anilines is 1. The van der Waals surface area contributed by atoms with E-state index < -0.39 is 6.10 Å². The van der Waals surface area contributed by atoms with Gasteiger partial charge < -0.3 is 15.3 Å². The molecule has 1 saturated heterocycles. The summed E-state index contributed by atoms with van der Waals surface area (Å²) in [6.45, 7) is 5.64. The van der Waals surface area contributed by atoms with Crippen LogP contribution in [-0.2, 0) is 6.54 Å². The molecule has 0 bridgehead atoms. The molecule has 1 fully saturated rings. The van der Waals surface area contributed by atoms with Crippen LogP contribution in [-0.4, -0.2) is 67.3 Å². The lowest BCUT2D eigenvalue weighted by Crippen LogP contribution is -2.33. The number of aryl methyl sites for hydroxylation is 1. The predicted octanol–water partition coefficient (Wildman–Crippen LogP) is 1.67. The van der Waals surface area contributed by atoms with Gasteiger partial charge in [0.15, 0.2) is 0 Å². The third-order valence-electron chi connectivity index (χ3n) is 5.37. The molecule has 1 atom stereocenters. The number of pyridine rings is 2. The van der Waals surface area contributed by atoms with Crippen molar-refractivity contribution in [3.8, 4) is 22.6 Å². The minimum atomic E-state index is -0.415. The smallest absolute Gasteiger partial charge is 0.129 e. The van der Waals surface area contributed by atoms with Crippen LogP contribution in [0.25, 0.3) is 33.5 Å². The number of H-pyrrole nitrogens is 1. The van der Waals surface area contributed by atoms with Gasteiger partial charge in [-0.2, -0.15) is 10.2 Å². The molecule has 0 aliphatic carbocycles. The Bertz CT molecular complexity index is 1170. The molecule has 5 rings (SSSR count). The molecular formula is C21H24N8O. The molecule has 4 aromatic heterocycles. The molecule has 5 heterocycles. The zero-order valence-corrected chi connectivity index (χ0v) is 16.8. The van der Waals surface area contributed by atoms with Crippen LogP contribution in [0.2, 0.25) is 0 Å². The number of nitrogens with zero attached hydrogens (tertiary/aromatic N) is 6. The van der Waals surface area contributed by atoms with Gasteiger partial charge in [0.1, 0.15) is 11.5 Å². The van der Waals surface area contributed by atoms with E-state index in [0.717, 1.165) is 59.0 Å². The second-order valence-electron chi connectivity index (χ2n) is 7.46. The zero-order valence-electron chi connectivity index (χ0n) is 16.8. The molecule has 0 aromatic carbocycles. The van der Waals surface area contributed by atoms with Crippen molar-refractivity contribution in [2.24, 2.45) is 0 Å². The molecule has 9 heteroatoms. The maximum atomic E-state index is 10.1. The molecule has 3 N–H and O–H groups in total. The molecule has 0 amide bonds. The quantitative estimate of drug-likeness (QED) is 0.475. The lowest BCUT2D eigenvalue weighted by Gasteiger charge is -2.23. The number of aliphatic hydroxyl groups is 1. The van der Waals surface area contributed by atoms with Gasteiger partial charge in [0, 0.05) is 49.9 Å². The predicted molar refractivity (Wildman–Crippen MR) is 115 cm³/mol. The van der Waals surface area contributed by atoms with E-state index in [4.69, 9.17) is 4.98 Å². The third-order valence-corrected chi connectivity index (χ3v) is 5.37. The Kier molecular flexibility index (Phi) is 4.89. The highest BCUT2D eigenvalue weighted by atomic mass is 16.3. The minimum absolute atomic E-state index is 0.415. The van der Waals surface area contributed by atoms with Crippen LogP contribution < -0.4 is 10.2 Å². The van der Waals surface area contributed by atoms with Crippen molar-refractivity contribution in [3.63, 3.8) is 0 Å². The van der Waals surface area contributed by atoms with Gasteiger partial charge in [0.2, 0.25) is 0 Å². The number of hydrogen-bond donors (Lipinski definition) is 3. The maximum Gasteiger partial charge on any atom is 0.129 e. The summed E-state index contributed by atoms with van der Waals surface area (Å²) in [5.74, 6) is 0.838. The molecular weight excluding hydrogens is 380 g/mol. The monoisotopic (exact) mass is 404 g/mol. The van der Waals surface area contributed by atoms with Crippen molar-refractivity contribution < 1.29 is 5.11 Å². The molecule has 0 saturated carbocycles. The number of aromatic amines is 1. The maximum absolute atomic E-state index is 10.1. The number of nitrogens with one attached hydrogen (secondary N) is 2. The van der Waals surface area contributed by atoms with Crippen molar-refractivity contribution in [1.82, 2.24) is 35.3 Å². The molecule has 1 aliphatic heterocycles. The van der Waals surface area contributed by atoms with E-state index in [9.17, 15) is 5.11 Å². The van der Waals surface area contributed by atoms with Crippen LogP contribution in [0.5, 0.6) is 0 Å². The van der Waals surface area contributed by atoms with Gasteiger partial charge >= 0.3 is 0 Å². The number of hydrogen-bond acceptors (Lipinski definition) is 7. The summed E-state index contributed by atoms with van der Waals surface area (Å²) in [5, 5.41) is 26.2. The minimum Gasteiger partial charge on any atom is -0.390 e. The van der Waals surface area contributed by atoms with Crippen molar-refractivity contribution in [2.45, 2.75) is 19.6 Å². The van der Waals surface area contributed by atoms with Gasteiger partial charge in [-0.3, -0.25) is 14.8 Å². The second kappa shape index (κ2) is 7.85. The number of aromatic nitrogens is 6. The Morgan fingerprint density at radius 1 is 1.23 bits per heavy atom. The molecule has 0 radical (unpaired) electrons. The summed E-state index contributed by atoms with van der Waals surface area (Å²) in [5.41, 5.74) is 4.25. The fraction of sp³-hybridized carbons (Fsp3) is 0.333. The van der Waals surface area contributed by atoms with Crippen molar-refractivity contribution in [3.05, 3.63) is 42.9 Å². The normalized spacial score (nSPS) is 17.4. The summed E-state index contributed by atoms with van der Waals surface area (Å²) >= 11 is 0. The van der Waals surface area contributed by atoms with Gasteiger partial charge in [-0.05, 0) is 25.1 Å². The first-order valence-electron chi connectivity index (χ1n) is 10.2. The van der Waals surface area contributed by atoms with E-state index in [2.05, 4.69) is 37.4 Å². The lowest BCUT2D eigenvalue weighted by molar-refractivity contribution is 0.184. The third kappa shape index (κ3) is 3.53. The average Bonchev–Trinajstić information content (AvgIpc) is 3.37. The van der Waals surface area contributed by atoms with Gasteiger partial charge in [0.25, 0.3) is 0 Å². The van der Waals surface area contributed by atoms with Crippen molar-refractivity contribution >= 4 is 16.7 Å². The summed E-state index contributed by atoms with van der Waals surface area (Å²) in [6.07, 6.45) is 5.20. The lowest BCUT2D eigenvalue weighted by atomic mass is 10.1. The van der Waals surface area contributed by atoms with Gasteiger partial charge in [-0.15, -0.1) is 0 Å². The Hall–Kier alpha value is -3.30. The SMILES string of the molecule is CCn1cc(-c2cc3c(-c4cccc(N5CCNCC(O)C5)n4)n[nH]c3cn2)cn1. The molecule has 1 unspecified atom stereocenters. The van der Waals surface area contributed by atoms with E-state index in [1.54, 1.807) is 6.20 Å².